The van der Waals surface area contributed by atoms with Gasteiger partial charge < -0.3 is 15.4 Å². The molecule has 0 aliphatic carbocycles. The number of hydrogen-bond donors (Lipinski definition) is 2. The van der Waals surface area contributed by atoms with Gasteiger partial charge in [-0.2, -0.15) is 11.8 Å². The Hall–Kier alpha value is -2.18. The number of hydrogen-bond acceptors (Lipinski definition) is 4. The molecular formula is C23H29ClN2O3S. The van der Waals surface area contributed by atoms with Crippen LogP contribution in [-0.4, -0.2) is 36.5 Å². The molecule has 2 aromatic rings. The van der Waals surface area contributed by atoms with Crippen LogP contribution in [0.2, 0.25) is 5.02 Å². The number of amides is 2. The molecule has 0 bridgehead atoms. The highest BCUT2D eigenvalue weighted by Crippen LogP contribution is 2.16. The van der Waals surface area contributed by atoms with Crippen LogP contribution in [-0.2, 0) is 11.3 Å². The molecule has 30 heavy (non-hydrogen) atoms. The maximum absolute atomic E-state index is 12.8. The lowest BCUT2D eigenvalue weighted by molar-refractivity contribution is -0.123. The molecule has 0 fully saturated rings. The highest BCUT2D eigenvalue weighted by atomic mass is 35.5. The first-order valence-corrected chi connectivity index (χ1v) is 11.9. The minimum Gasteiger partial charge on any atom is -0.494 e. The molecule has 0 saturated carbocycles. The normalized spacial score (nSPS) is 11.6. The van der Waals surface area contributed by atoms with E-state index >= 15 is 0 Å². The number of rotatable bonds is 12. The van der Waals surface area contributed by atoms with Crippen LogP contribution in [0.15, 0.2) is 48.5 Å². The summed E-state index contributed by atoms with van der Waals surface area (Å²) in [6.07, 6.45) is 4.58. The van der Waals surface area contributed by atoms with E-state index in [1.165, 1.54) is 0 Å². The van der Waals surface area contributed by atoms with Crippen molar-refractivity contribution in [3.8, 4) is 5.75 Å². The molecule has 2 amide bonds. The lowest BCUT2D eigenvalue weighted by Crippen LogP contribution is -2.47. The van der Waals surface area contributed by atoms with Crippen LogP contribution in [0, 0.1) is 0 Å². The Kier molecular flexibility index (Phi) is 10.6. The van der Waals surface area contributed by atoms with Gasteiger partial charge in [0.05, 0.1) is 17.2 Å². The van der Waals surface area contributed by atoms with Crippen molar-refractivity contribution >= 4 is 35.2 Å². The van der Waals surface area contributed by atoms with Crippen LogP contribution in [0.1, 0.15) is 42.1 Å². The number of nitrogens with one attached hydrogen (secondary N) is 2. The summed E-state index contributed by atoms with van der Waals surface area (Å²) in [6.45, 7) is 3.16. The summed E-state index contributed by atoms with van der Waals surface area (Å²) in [6, 6.07) is 13.9. The molecule has 1 unspecified atom stereocenters. The Morgan fingerprint density at radius 3 is 2.70 bits per heavy atom. The zero-order valence-corrected chi connectivity index (χ0v) is 19.0. The summed E-state index contributed by atoms with van der Waals surface area (Å²) in [5.41, 5.74) is 1.30. The highest BCUT2D eigenvalue weighted by Gasteiger charge is 2.22. The van der Waals surface area contributed by atoms with Crippen LogP contribution < -0.4 is 15.4 Å². The number of carbonyl (C=O) groups excluding carboxylic acids is 2. The van der Waals surface area contributed by atoms with Crippen molar-refractivity contribution < 1.29 is 14.3 Å². The molecule has 0 aliphatic rings. The third-order valence-electron chi connectivity index (χ3n) is 4.48. The van der Waals surface area contributed by atoms with E-state index in [2.05, 4.69) is 17.6 Å². The van der Waals surface area contributed by atoms with E-state index in [4.69, 9.17) is 16.3 Å². The molecule has 2 aromatic carbocycles. The molecule has 0 radical (unpaired) electrons. The van der Waals surface area contributed by atoms with Crippen LogP contribution >= 0.6 is 23.4 Å². The number of carbonyl (C=O) groups is 2. The Bertz CT molecular complexity index is 832. The van der Waals surface area contributed by atoms with Crippen molar-refractivity contribution in [2.24, 2.45) is 0 Å². The quantitative estimate of drug-likeness (QED) is 0.462. The van der Waals surface area contributed by atoms with Crippen molar-refractivity contribution in [3.63, 3.8) is 0 Å². The fourth-order valence-electron chi connectivity index (χ4n) is 2.78. The molecule has 0 aliphatic heterocycles. The van der Waals surface area contributed by atoms with Crippen molar-refractivity contribution in [2.45, 2.75) is 38.8 Å². The summed E-state index contributed by atoms with van der Waals surface area (Å²) in [5, 5.41) is 6.10. The maximum Gasteiger partial charge on any atom is 0.253 e. The second-order valence-corrected chi connectivity index (χ2v) is 8.25. The van der Waals surface area contributed by atoms with Gasteiger partial charge in [-0.3, -0.25) is 9.59 Å². The fraction of sp³-hybridized carbons (Fsp3) is 0.391. The van der Waals surface area contributed by atoms with Crippen molar-refractivity contribution in [3.05, 3.63) is 64.7 Å². The maximum atomic E-state index is 12.8. The number of thioether (sulfide) groups is 1. The summed E-state index contributed by atoms with van der Waals surface area (Å²) >= 11 is 7.74. The van der Waals surface area contributed by atoms with E-state index in [-0.39, 0.29) is 11.8 Å². The third-order valence-corrected chi connectivity index (χ3v) is 5.46. The monoisotopic (exact) mass is 448 g/mol. The summed E-state index contributed by atoms with van der Waals surface area (Å²) < 4.78 is 5.72. The predicted molar refractivity (Wildman–Crippen MR) is 124 cm³/mol. The molecule has 2 N–H and O–H groups in total. The van der Waals surface area contributed by atoms with E-state index in [1.807, 2.05) is 30.5 Å². The first-order chi connectivity index (χ1) is 14.5. The molecule has 0 saturated heterocycles. The smallest absolute Gasteiger partial charge is 0.253 e. The minimum atomic E-state index is -0.634. The number of halogens is 1. The molecule has 5 nitrogen and oxygen atoms in total. The first-order valence-electron chi connectivity index (χ1n) is 10.1. The second kappa shape index (κ2) is 13.2. The first kappa shape index (κ1) is 24.1. The average Bonchev–Trinajstić information content (AvgIpc) is 2.75. The van der Waals surface area contributed by atoms with Crippen molar-refractivity contribution in [1.29, 1.82) is 0 Å². The largest absolute Gasteiger partial charge is 0.494 e. The molecule has 2 rings (SSSR count). The number of ether oxygens (including phenoxy) is 1. The molecule has 0 spiro atoms. The van der Waals surface area contributed by atoms with E-state index in [0.29, 0.717) is 30.2 Å². The minimum absolute atomic E-state index is 0.221. The zero-order valence-electron chi connectivity index (χ0n) is 17.4. The van der Waals surface area contributed by atoms with Gasteiger partial charge in [-0.15, -0.1) is 0 Å². The average molecular weight is 449 g/mol. The summed E-state index contributed by atoms with van der Waals surface area (Å²) in [5.74, 6) is 0.970. The number of unbranched alkanes of at least 4 members (excludes halogenated alkanes) is 1. The van der Waals surface area contributed by atoms with Crippen LogP contribution in [0.4, 0.5) is 0 Å². The lowest BCUT2D eigenvalue weighted by atomic mass is 10.1. The van der Waals surface area contributed by atoms with Gasteiger partial charge >= 0.3 is 0 Å². The van der Waals surface area contributed by atoms with Gasteiger partial charge in [0.15, 0.2) is 0 Å². The standard InChI is InChI=1S/C23H29ClN2O3S/c1-3-4-13-29-18-9-7-8-17(15-18)16-25-23(28)21(12-14-30-2)26-22(27)19-10-5-6-11-20(19)24/h5-11,15,21H,3-4,12-14,16H2,1-2H3,(H,25,28)(H,26,27). The topological polar surface area (TPSA) is 67.4 Å². The van der Waals surface area contributed by atoms with Crippen LogP contribution in [0.3, 0.4) is 0 Å². The van der Waals surface area contributed by atoms with Crippen LogP contribution in [0.5, 0.6) is 5.75 Å². The highest BCUT2D eigenvalue weighted by molar-refractivity contribution is 7.98. The van der Waals surface area contributed by atoms with Gasteiger partial charge in [-0.05, 0) is 54.7 Å². The van der Waals surface area contributed by atoms with E-state index in [0.717, 1.165) is 29.9 Å². The summed E-state index contributed by atoms with van der Waals surface area (Å²) in [4.78, 5) is 25.4. The molecule has 1 atom stereocenters. The van der Waals surface area contributed by atoms with Gasteiger partial charge in [-0.1, -0.05) is 49.2 Å². The van der Waals surface area contributed by atoms with E-state index in [1.54, 1.807) is 36.0 Å². The number of benzene rings is 2. The molecule has 162 valence electrons. The van der Waals surface area contributed by atoms with Crippen LogP contribution in [0.25, 0.3) is 0 Å². The van der Waals surface area contributed by atoms with Crippen molar-refractivity contribution in [2.75, 3.05) is 18.6 Å². The third kappa shape index (κ3) is 7.92. The fourth-order valence-corrected chi connectivity index (χ4v) is 3.47. The summed E-state index contributed by atoms with van der Waals surface area (Å²) in [7, 11) is 0. The van der Waals surface area contributed by atoms with E-state index in [9.17, 15) is 9.59 Å². The predicted octanol–water partition coefficient (Wildman–Crippen LogP) is 4.69. The molecule has 0 heterocycles. The van der Waals surface area contributed by atoms with E-state index < -0.39 is 6.04 Å². The Morgan fingerprint density at radius 1 is 1.17 bits per heavy atom. The van der Waals surface area contributed by atoms with Gasteiger partial charge in [0.2, 0.25) is 5.91 Å². The Labute approximate surface area is 187 Å². The molecular weight excluding hydrogens is 420 g/mol. The second-order valence-electron chi connectivity index (χ2n) is 6.85. The van der Waals surface area contributed by atoms with Crippen molar-refractivity contribution in [1.82, 2.24) is 10.6 Å². The van der Waals surface area contributed by atoms with Gasteiger partial charge in [-0.25, -0.2) is 0 Å². The Balaban J connectivity index is 1.97. The Morgan fingerprint density at radius 2 is 1.97 bits per heavy atom. The molecule has 0 aromatic heterocycles. The zero-order chi connectivity index (χ0) is 21.8. The SMILES string of the molecule is CCCCOc1cccc(CNC(=O)C(CCSC)NC(=O)c2ccccc2Cl)c1. The molecule has 7 heteroatoms. The van der Waals surface area contributed by atoms with Gasteiger partial charge in [0.1, 0.15) is 11.8 Å². The van der Waals surface area contributed by atoms with Gasteiger partial charge in [0, 0.05) is 6.54 Å². The lowest BCUT2D eigenvalue weighted by Gasteiger charge is -2.19. The van der Waals surface area contributed by atoms with Gasteiger partial charge in [0.25, 0.3) is 5.91 Å².